The second kappa shape index (κ2) is 2.87. The molecule has 1 N–H and O–H groups in total. The molecule has 1 fully saturated rings. The van der Waals surface area contributed by atoms with Crippen LogP contribution in [0, 0.1) is 5.92 Å². The lowest BCUT2D eigenvalue weighted by atomic mass is 10.1. The van der Waals surface area contributed by atoms with Crippen LogP contribution in [0.25, 0.3) is 0 Å². The second-order valence-electron chi connectivity index (χ2n) is 3.25. The molecule has 0 spiro atoms. The van der Waals surface area contributed by atoms with Crippen LogP contribution in [0.15, 0.2) is 11.6 Å². The molecule has 0 aromatic heterocycles. The van der Waals surface area contributed by atoms with Crippen LogP contribution in [0.1, 0.15) is 13.3 Å². The Morgan fingerprint density at radius 3 is 3.00 bits per heavy atom. The Morgan fingerprint density at radius 2 is 2.54 bits per heavy atom. The normalized spacial score (nSPS) is 29.9. The van der Waals surface area contributed by atoms with Crippen molar-refractivity contribution in [1.29, 1.82) is 0 Å². The van der Waals surface area contributed by atoms with Crippen LogP contribution in [0.2, 0.25) is 0 Å². The molecule has 0 aromatic carbocycles. The van der Waals surface area contributed by atoms with E-state index in [9.17, 15) is 9.59 Å². The maximum Gasteiger partial charge on any atom is 0.335 e. The highest BCUT2D eigenvalue weighted by molar-refractivity contribution is 5.97. The monoisotopic (exact) mass is 181 g/mol. The summed E-state index contributed by atoms with van der Waals surface area (Å²) in [5.74, 6) is -0.377. The third kappa shape index (κ3) is 1.22. The molecule has 0 saturated carbocycles. The Kier molecular flexibility index (Phi) is 1.83. The third-order valence-electron chi connectivity index (χ3n) is 2.41. The molecule has 1 aliphatic heterocycles. The zero-order chi connectivity index (χ0) is 9.42. The lowest BCUT2D eigenvalue weighted by Gasteiger charge is -2.12. The first-order valence-corrected chi connectivity index (χ1v) is 4.41. The van der Waals surface area contributed by atoms with E-state index in [4.69, 9.17) is 4.74 Å². The average molecular weight is 181 g/mol. The molecule has 0 radical (unpaired) electrons. The van der Waals surface area contributed by atoms with Crippen molar-refractivity contribution in [2.75, 3.05) is 6.61 Å². The van der Waals surface area contributed by atoms with Gasteiger partial charge >= 0.3 is 5.97 Å². The molecular weight excluding hydrogens is 170 g/mol. The van der Waals surface area contributed by atoms with Crippen LogP contribution in [0.3, 0.4) is 0 Å². The molecule has 70 valence electrons. The number of ether oxygens (including phenoxy) is 1. The summed E-state index contributed by atoms with van der Waals surface area (Å²) in [7, 11) is 0. The molecule has 2 rings (SSSR count). The van der Waals surface area contributed by atoms with Crippen LogP contribution >= 0.6 is 0 Å². The topological polar surface area (TPSA) is 55.4 Å². The molecule has 13 heavy (non-hydrogen) atoms. The smallest absolute Gasteiger partial charge is 0.335 e. The highest BCUT2D eigenvalue weighted by Gasteiger charge is 2.41. The fraction of sp³-hybridized carbons (Fsp3) is 0.556. The Balaban J connectivity index is 2.11. The minimum Gasteiger partial charge on any atom is -0.463 e. The quantitative estimate of drug-likeness (QED) is 0.610. The highest BCUT2D eigenvalue weighted by Crippen LogP contribution is 2.31. The molecule has 0 aromatic rings. The highest BCUT2D eigenvalue weighted by atomic mass is 16.5. The first-order valence-electron chi connectivity index (χ1n) is 4.41. The molecule has 1 saturated heterocycles. The zero-order valence-electron chi connectivity index (χ0n) is 7.37. The van der Waals surface area contributed by atoms with Gasteiger partial charge in [0.25, 0.3) is 0 Å². The van der Waals surface area contributed by atoms with E-state index in [1.807, 2.05) is 0 Å². The van der Waals surface area contributed by atoms with Crippen molar-refractivity contribution in [2.24, 2.45) is 5.92 Å². The molecule has 4 nitrogen and oxygen atoms in total. The SMILES string of the molecule is CCOC(=O)C1=CC2CC1NC2=O. The van der Waals surface area contributed by atoms with E-state index in [1.54, 1.807) is 13.0 Å². The first-order chi connectivity index (χ1) is 6.22. The summed E-state index contributed by atoms with van der Waals surface area (Å²) in [4.78, 5) is 22.4. The number of amides is 1. The number of fused-ring (bicyclic) bond motifs is 2. The van der Waals surface area contributed by atoms with Gasteiger partial charge in [0.1, 0.15) is 0 Å². The van der Waals surface area contributed by atoms with Gasteiger partial charge in [-0.05, 0) is 13.3 Å². The predicted molar refractivity (Wildman–Crippen MR) is 44.8 cm³/mol. The zero-order valence-corrected chi connectivity index (χ0v) is 7.37. The van der Waals surface area contributed by atoms with E-state index in [1.165, 1.54) is 0 Å². The molecule has 1 aliphatic carbocycles. The summed E-state index contributed by atoms with van der Waals surface area (Å²) in [5.41, 5.74) is 0.617. The number of nitrogens with one attached hydrogen (secondary N) is 1. The molecule has 2 atom stereocenters. The maximum absolute atomic E-state index is 11.3. The molecule has 1 amide bonds. The first kappa shape index (κ1) is 8.29. The number of hydrogen-bond donors (Lipinski definition) is 1. The largest absolute Gasteiger partial charge is 0.463 e. The molecule has 1 heterocycles. The average Bonchev–Trinajstić information content (AvgIpc) is 2.62. The fourth-order valence-electron chi connectivity index (χ4n) is 1.80. The van der Waals surface area contributed by atoms with Crippen molar-refractivity contribution >= 4 is 11.9 Å². The number of hydrogen-bond acceptors (Lipinski definition) is 3. The molecule has 2 aliphatic rings. The summed E-state index contributed by atoms with van der Waals surface area (Å²) in [6, 6.07) is -0.100. The van der Waals surface area contributed by atoms with Crippen molar-refractivity contribution in [3.8, 4) is 0 Å². The van der Waals surface area contributed by atoms with Crippen molar-refractivity contribution < 1.29 is 14.3 Å². The molecular formula is C9H11NO3. The summed E-state index contributed by atoms with van der Waals surface area (Å²) in [6.45, 7) is 2.14. The van der Waals surface area contributed by atoms with Gasteiger partial charge in [-0.15, -0.1) is 0 Å². The van der Waals surface area contributed by atoms with Crippen LogP contribution in [0.4, 0.5) is 0 Å². The van der Waals surface area contributed by atoms with Gasteiger partial charge in [-0.1, -0.05) is 6.08 Å². The van der Waals surface area contributed by atoms with Crippen LogP contribution in [-0.4, -0.2) is 24.5 Å². The van der Waals surface area contributed by atoms with E-state index in [2.05, 4.69) is 5.32 Å². The van der Waals surface area contributed by atoms with Gasteiger partial charge in [0.15, 0.2) is 0 Å². The van der Waals surface area contributed by atoms with Crippen molar-refractivity contribution in [2.45, 2.75) is 19.4 Å². The standard InChI is InChI=1S/C9H11NO3/c1-2-13-9(12)6-3-5-4-7(6)10-8(5)11/h3,5,7H,2,4H2,1H3,(H,10,11). The molecule has 2 bridgehead atoms. The van der Waals surface area contributed by atoms with E-state index in [-0.39, 0.29) is 23.8 Å². The van der Waals surface area contributed by atoms with Crippen molar-refractivity contribution in [1.82, 2.24) is 5.32 Å². The Morgan fingerprint density at radius 1 is 1.77 bits per heavy atom. The summed E-state index contributed by atoms with van der Waals surface area (Å²) < 4.78 is 4.86. The van der Waals surface area contributed by atoms with Gasteiger partial charge < -0.3 is 10.1 Å². The Bertz CT molecular complexity index is 295. The molecule has 4 heteroatoms. The maximum atomic E-state index is 11.3. The number of carbonyl (C=O) groups excluding carboxylic acids is 2. The Labute approximate surface area is 75.9 Å². The third-order valence-corrected chi connectivity index (χ3v) is 2.41. The van der Waals surface area contributed by atoms with E-state index in [0.717, 1.165) is 0 Å². The van der Waals surface area contributed by atoms with Crippen molar-refractivity contribution in [3.63, 3.8) is 0 Å². The lowest BCUT2D eigenvalue weighted by Crippen LogP contribution is -2.34. The summed E-state index contributed by atoms with van der Waals surface area (Å²) >= 11 is 0. The van der Waals surface area contributed by atoms with Crippen LogP contribution < -0.4 is 5.32 Å². The number of carbonyl (C=O) groups is 2. The van der Waals surface area contributed by atoms with Crippen LogP contribution in [-0.2, 0) is 14.3 Å². The minimum absolute atomic E-state index is 0.0260. The Hall–Kier alpha value is -1.32. The van der Waals surface area contributed by atoms with Gasteiger partial charge in [0.2, 0.25) is 5.91 Å². The van der Waals surface area contributed by atoms with Gasteiger partial charge in [-0.3, -0.25) is 4.79 Å². The fourth-order valence-corrected chi connectivity index (χ4v) is 1.80. The van der Waals surface area contributed by atoms with Crippen LogP contribution in [0.5, 0.6) is 0 Å². The van der Waals surface area contributed by atoms with E-state index in [0.29, 0.717) is 18.6 Å². The van der Waals surface area contributed by atoms with Gasteiger partial charge in [0, 0.05) is 0 Å². The van der Waals surface area contributed by atoms with Gasteiger partial charge in [-0.25, -0.2) is 4.79 Å². The van der Waals surface area contributed by atoms with E-state index >= 15 is 0 Å². The second-order valence-corrected chi connectivity index (χ2v) is 3.25. The van der Waals surface area contributed by atoms with Gasteiger partial charge in [-0.2, -0.15) is 0 Å². The number of esters is 1. The van der Waals surface area contributed by atoms with Crippen molar-refractivity contribution in [3.05, 3.63) is 11.6 Å². The number of rotatable bonds is 2. The van der Waals surface area contributed by atoms with E-state index < -0.39 is 0 Å². The predicted octanol–water partition coefficient (Wildman–Crippen LogP) is -0.00580. The minimum atomic E-state index is -0.296. The van der Waals surface area contributed by atoms with Gasteiger partial charge in [0.05, 0.1) is 24.1 Å². The molecule has 2 unspecified atom stereocenters. The summed E-state index contributed by atoms with van der Waals surface area (Å²) in [5, 5.41) is 2.73. The lowest BCUT2D eigenvalue weighted by molar-refractivity contribution is -0.138. The summed E-state index contributed by atoms with van der Waals surface area (Å²) in [6.07, 6.45) is 2.44.